The molecule has 2 unspecified atom stereocenters. The highest BCUT2D eigenvalue weighted by Crippen LogP contribution is 2.21. The number of carbonyl (C=O) groups excluding carboxylic acids is 2. The quantitative estimate of drug-likeness (QED) is 0.640. The summed E-state index contributed by atoms with van der Waals surface area (Å²) in [6.45, 7) is 1.57. The first kappa shape index (κ1) is 11.0. The van der Waals surface area contributed by atoms with Gasteiger partial charge in [-0.2, -0.15) is 0 Å². The van der Waals surface area contributed by atoms with Gasteiger partial charge in [0.25, 0.3) is 0 Å². The Labute approximate surface area is 85.2 Å². The molecule has 5 nitrogen and oxygen atoms in total. The minimum atomic E-state index is -0.887. The normalized spacial score (nSPS) is 23.4. The van der Waals surface area contributed by atoms with E-state index < -0.39 is 17.1 Å². The fourth-order valence-electron chi connectivity index (χ4n) is 0.996. The second-order valence-electron chi connectivity index (χ2n) is 3.18. The first-order chi connectivity index (χ1) is 6.50. The van der Waals surface area contributed by atoms with Gasteiger partial charge in [-0.25, -0.2) is 0 Å². The number of imide groups is 1. The van der Waals surface area contributed by atoms with Gasteiger partial charge in [0, 0.05) is 12.2 Å². The number of carboxylic acid groups (broad SMARTS) is 1. The van der Waals surface area contributed by atoms with E-state index >= 15 is 0 Å². The Bertz CT molecular complexity index is 279. The van der Waals surface area contributed by atoms with Gasteiger partial charge >= 0.3 is 5.97 Å². The molecule has 0 aliphatic carbocycles. The minimum Gasteiger partial charge on any atom is -0.481 e. The molecule has 0 saturated carbocycles. The topological polar surface area (TPSA) is 83.5 Å². The monoisotopic (exact) mass is 217 g/mol. The molecule has 0 bridgehead atoms. The number of hydrogen-bond acceptors (Lipinski definition) is 4. The van der Waals surface area contributed by atoms with Gasteiger partial charge in [0.15, 0.2) is 0 Å². The zero-order chi connectivity index (χ0) is 10.7. The average molecular weight is 217 g/mol. The highest BCUT2D eigenvalue weighted by atomic mass is 32.2. The molecule has 0 aromatic heterocycles. The van der Waals surface area contributed by atoms with E-state index in [0.717, 1.165) is 0 Å². The molecular weight excluding hydrogens is 206 g/mol. The van der Waals surface area contributed by atoms with E-state index in [1.807, 2.05) is 0 Å². The number of thioether (sulfide) groups is 1. The van der Waals surface area contributed by atoms with Crippen molar-refractivity contribution in [3.05, 3.63) is 0 Å². The largest absolute Gasteiger partial charge is 0.481 e. The smallest absolute Gasteiger partial charge is 0.307 e. The third-order valence-electron chi connectivity index (χ3n) is 1.89. The fourth-order valence-corrected chi connectivity index (χ4v) is 2.14. The Morgan fingerprint density at radius 2 is 2.36 bits per heavy atom. The summed E-state index contributed by atoms with van der Waals surface area (Å²) in [5, 5.41) is 10.4. The Balaban J connectivity index is 2.35. The lowest BCUT2D eigenvalue weighted by Gasteiger charge is -2.08. The lowest BCUT2D eigenvalue weighted by Crippen LogP contribution is -2.24. The van der Waals surface area contributed by atoms with Crippen molar-refractivity contribution in [3.63, 3.8) is 0 Å². The van der Waals surface area contributed by atoms with Crippen LogP contribution in [0.4, 0.5) is 0 Å². The maximum Gasteiger partial charge on any atom is 0.307 e. The molecule has 0 aromatic carbocycles. The third-order valence-corrected chi connectivity index (χ3v) is 3.37. The van der Waals surface area contributed by atoms with Crippen molar-refractivity contribution in [2.45, 2.75) is 18.6 Å². The van der Waals surface area contributed by atoms with Gasteiger partial charge in [0.1, 0.15) is 0 Å². The average Bonchev–Trinajstić information content (AvgIpc) is 2.40. The molecule has 0 aromatic rings. The molecule has 14 heavy (non-hydrogen) atoms. The number of hydrogen-bond donors (Lipinski definition) is 2. The van der Waals surface area contributed by atoms with Crippen LogP contribution in [0.5, 0.6) is 0 Å². The van der Waals surface area contributed by atoms with Crippen LogP contribution in [0.1, 0.15) is 13.3 Å². The number of nitrogens with one attached hydrogen (secondary N) is 1. The van der Waals surface area contributed by atoms with Gasteiger partial charge in [-0.1, -0.05) is 6.92 Å². The lowest BCUT2D eigenvalue weighted by atomic mass is 10.2. The Morgan fingerprint density at radius 1 is 1.71 bits per heavy atom. The van der Waals surface area contributed by atoms with Gasteiger partial charge in [-0.3, -0.25) is 19.7 Å². The summed E-state index contributed by atoms with van der Waals surface area (Å²) in [5.41, 5.74) is 0. The van der Waals surface area contributed by atoms with E-state index in [2.05, 4.69) is 5.32 Å². The molecule has 6 heteroatoms. The van der Waals surface area contributed by atoms with Crippen molar-refractivity contribution in [1.82, 2.24) is 5.32 Å². The van der Waals surface area contributed by atoms with Gasteiger partial charge in [0.05, 0.1) is 11.2 Å². The predicted molar refractivity (Wildman–Crippen MR) is 50.8 cm³/mol. The summed E-state index contributed by atoms with van der Waals surface area (Å²) in [6.07, 6.45) is 0.163. The van der Waals surface area contributed by atoms with Crippen molar-refractivity contribution in [3.8, 4) is 0 Å². The van der Waals surface area contributed by atoms with Crippen LogP contribution in [-0.4, -0.2) is 33.9 Å². The zero-order valence-electron chi connectivity index (χ0n) is 7.65. The number of rotatable bonds is 4. The summed E-state index contributed by atoms with van der Waals surface area (Å²) < 4.78 is 0. The molecule has 2 amide bonds. The molecule has 1 aliphatic rings. The summed E-state index contributed by atoms with van der Waals surface area (Å²) in [7, 11) is 0. The molecule has 1 aliphatic heterocycles. The van der Waals surface area contributed by atoms with Crippen LogP contribution in [0, 0.1) is 5.92 Å². The molecule has 1 fully saturated rings. The van der Waals surface area contributed by atoms with Gasteiger partial charge < -0.3 is 5.11 Å². The molecular formula is C8H11NO4S. The van der Waals surface area contributed by atoms with E-state index in [-0.39, 0.29) is 18.2 Å². The zero-order valence-corrected chi connectivity index (χ0v) is 8.47. The Morgan fingerprint density at radius 3 is 2.79 bits per heavy atom. The highest BCUT2D eigenvalue weighted by molar-refractivity contribution is 8.00. The predicted octanol–water partition coefficient (Wildman–Crippen LogP) is -0.145. The van der Waals surface area contributed by atoms with Gasteiger partial charge in [-0.05, 0) is 0 Å². The van der Waals surface area contributed by atoms with Crippen molar-refractivity contribution in [1.29, 1.82) is 0 Å². The van der Waals surface area contributed by atoms with Crippen LogP contribution in [0.3, 0.4) is 0 Å². The van der Waals surface area contributed by atoms with Crippen molar-refractivity contribution in [2.24, 2.45) is 5.92 Å². The van der Waals surface area contributed by atoms with Crippen molar-refractivity contribution < 1.29 is 19.5 Å². The maximum atomic E-state index is 11.1. The number of aliphatic carboxylic acids is 1. The molecule has 2 atom stereocenters. The van der Waals surface area contributed by atoms with E-state index in [1.54, 1.807) is 6.92 Å². The number of amides is 2. The molecule has 0 spiro atoms. The molecule has 1 saturated heterocycles. The lowest BCUT2D eigenvalue weighted by molar-refractivity contribution is -0.140. The first-order valence-corrected chi connectivity index (χ1v) is 5.23. The van der Waals surface area contributed by atoms with Gasteiger partial charge in [-0.15, -0.1) is 11.8 Å². The summed E-state index contributed by atoms with van der Waals surface area (Å²) in [4.78, 5) is 32.3. The fraction of sp³-hybridized carbons (Fsp3) is 0.625. The van der Waals surface area contributed by atoms with Crippen LogP contribution in [0.2, 0.25) is 0 Å². The van der Waals surface area contributed by atoms with E-state index in [0.29, 0.717) is 5.75 Å². The van der Waals surface area contributed by atoms with E-state index in [4.69, 9.17) is 5.11 Å². The summed E-state index contributed by atoms with van der Waals surface area (Å²) >= 11 is 1.22. The second kappa shape index (κ2) is 4.45. The van der Waals surface area contributed by atoms with Crippen LogP contribution >= 0.6 is 11.8 Å². The minimum absolute atomic E-state index is 0.163. The Hall–Kier alpha value is -1.04. The third kappa shape index (κ3) is 2.73. The molecule has 1 heterocycles. The molecule has 78 valence electrons. The summed E-state index contributed by atoms with van der Waals surface area (Å²) in [5.74, 6) is -1.63. The first-order valence-electron chi connectivity index (χ1n) is 4.19. The van der Waals surface area contributed by atoms with E-state index in [9.17, 15) is 14.4 Å². The van der Waals surface area contributed by atoms with Crippen molar-refractivity contribution in [2.75, 3.05) is 5.75 Å². The van der Waals surface area contributed by atoms with E-state index in [1.165, 1.54) is 11.8 Å². The van der Waals surface area contributed by atoms with Crippen molar-refractivity contribution >= 4 is 29.5 Å². The van der Waals surface area contributed by atoms with Crippen LogP contribution in [0.25, 0.3) is 0 Å². The molecule has 1 rings (SSSR count). The Kier molecular flexibility index (Phi) is 3.51. The molecule has 2 N–H and O–H groups in total. The van der Waals surface area contributed by atoms with Crippen LogP contribution in [0.15, 0.2) is 0 Å². The summed E-state index contributed by atoms with van der Waals surface area (Å²) in [6, 6.07) is 0. The maximum absolute atomic E-state index is 11.1. The highest BCUT2D eigenvalue weighted by Gasteiger charge is 2.31. The number of carbonyl (C=O) groups is 3. The standard InChI is InChI=1S/C8H11NO4S/c1-4(8(12)13)3-14-5-2-6(10)9-7(5)11/h4-5H,2-3H2,1H3,(H,12,13)(H,9,10,11). The van der Waals surface area contributed by atoms with Gasteiger partial charge in [0.2, 0.25) is 11.8 Å². The SMILES string of the molecule is CC(CSC1CC(=O)NC1=O)C(=O)O. The second-order valence-corrected chi connectivity index (χ2v) is 4.41. The van der Waals surface area contributed by atoms with Crippen LogP contribution < -0.4 is 5.32 Å². The number of carboxylic acids is 1. The van der Waals surface area contributed by atoms with Crippen LogP contribution in [-0.2, 0) is 14.4 Å². The molecule has 0 radical (unpaired) electrons.